The molecule has 3 aromatic carbocycles. The molecule has 0 heterocycles. The van der Waals surface area contributed by atoms with E-state index in [9.17, 15) is 9.59 Å². The number of benzene rings is 3. The molecule has 0 aliphatic heterocycles. The minimum atomic E-state index is -0.232. The second kappa shape index (κ2) is 11.7. The van der Waals surface area contributed by atoms with Crippen molar-refractivity contribution in [3.63, 3.8) is 0 Å². The Labute approximate surface area is 203 Å². The zero-order valence-corrected chi connectivity index (χ0v) is 20.8. The fourth-order valence-corrected chi connectivity index (χ4v) is 3.78. The SMILES string of the molecule is CC(C)CCOc1ccc(C(=O)N(C)c2ccccc2C(=O)NCc2ccccc2)cc1Br. The van der Waals surface area contributed by atoms with E-state index < -0.39 is 0 Å². The molecule has 0 saturated carbocycles. The minimum Gasteiger partial charge on any atom is -0.492 e. The molecule has 3 aromatic rings. The minimum absolute atomic E-state index is 0.215. The van der Waals surface area contributed by atoms with Crippen LogP contribution in [0.5, 0.6) is 5.75 Å². The molecule has 0 fully saturated rings. The molecule has 2 amide bonds. The van der Waals surface area contributed by atoms with Gasteiger partial charge in [-0.2, -0.15) is 0 Å². The van der Waals surface area contributed by atoms with Crippen LogP contribution in [0.2, 0.25) is 0 Å². The lowest BCUT2D eigenvalue weighted by atomic mass is 10.1. The van der Waals surface area contributed by atoms with Crippen LogP contribution in [0.15, 0.2) is 77.3 Å². The number of ether oxygens (including phenoxy) is 1. The molecule has 0 unspecified atom stereocenters. The summed E-state index contributed by atoms with van der Waals surface area (Å²) in [6.45, 7) is 5.33. The molecule has 0 saturated heterocycles. The van der Waals surface area contributed by atoms with Gasteiger partial charge in [0.1, 0.15) is 5.75 Å². The van der Waals surface area contributed by atoms with E-state index in [1.54, 1.807) is 43.4 Å². The Balaban J connectivity index is 1.73. The first-order valence-corrected chi connectivity index (χ1v) is 11.8. The average molecular weight is 509 g/mol. The molecule has 0 aliphatic carbocycles. The average Bonchev–Trinajstić information content (AvgIpc) is 2.83. The van der Waals surface area contributed by atoms with Crippen molar-refractivity contribution in [3.05, 3.63) is 94.0 Å². The van der Waals surface area contributed by atoms with Gasteiger partial charge >= 0.3 is 0 Å². The summed E-state index contributed by atoms with van der Waals surface area (Å²) in [6, 6.07) is 22.1. The Hall–Kier alpha value is -3.12. The van der Waals surface area contributed by atoms with Gasteiger partial charge in [0.2, 0.25) is 0 Å². The predicted octanol–water partition coefficient (Wildman–Crippen LogP) is 6.08. The number of amides is 2. The van der Waals surface area contributed by atoms with Crippen LogP contribution in [0, 0.1) is 5.92 Å². The van der Waals surface area contributed by atoms with E-state index in [2.05, 4.69) is 35.1 Å². The van der Waals surface area contributed by atoms with E-state index in [1.165, 1.54) is 4.90 Å². The molecule has 0 aromatic heterocycles. The van der Waals surface area contributed by atoms with E-state index in [0.717, 1.165) is 16.5 Å². The number of rotatable bonds is 9. The fraction of sp³-hybridized carbons (Fsp3) is 0.259. The van der Waals surface area contributed by atoms with Crippen molar-refractivity contribution < 1.29 is 14.3 Å². The Morgan fingerprint density at radius 1 is 1.00 bits per heavy atom. The fourth-order valence-electron chi connectivity index (χ4n) is 3.29. The number of carbonyl (C=O) groups excluding carboxylic acids is 2. The lowest BCUT2D eigenvalue weighted by Crippen LogP contribution is -2.30. The molecule has 0 spiro atoms. The first-order valence-electron chi connectivity index (χ1n) is 11.0. The molecule has 5 nitrogen and oxygen atoms in total. The molecular weight excluding hydrogens is 480 g/mol. The molecular formula is C27H29BrN2O3. The molecule has 6 heteroatoms. The number of hydrogen-bond acceptors (Lipinski definition) is 3. The monoisotopic (exact) mass is 508 g/mol. The zero-order valence-electron chi connectivity index (χ0n) is 19.2. The summed E-state index contributed by atoms with van der Waals surface area (Å²) in [7, 11) is 1.67. The summed E-state index contributed by atoms with van der Waals surface area (Å²) in [5.41, 5.74) is 2.49. The highest BCUT2D eigenvalue weighted by Gasteiger charge is 2.20. The van der Waals surface area contributed by atoms with Crippen LogP contribution in [0.4, 0.5) is 5.69 Å². The largest absolute Gasteiger partial charge is 0.492 e. The van der Waals surface area contributed by atoms with E-state index in [1.807, 2.05) is 36.4 Å². The van der Waals surface area contributed by atoms with E-state index in [0.29, 0.717) is 41.6 Å². The van der Waals surface area contributed by atoms with E-state index in [4.69, 9.17) is 4.74 Å². The Kier molecular flexibility index (Phi) is 8.66. The molecule has 33 heavy (non-hydrogen) atoms. The summed E-state index contributed by atoms with van der Waals surface area (Å²) < 4.78 is 6.54. The standard InChI is InChI=1S/C27H29BrN2O3/c1-19(2)15-16-33-25-14-13-21(17-23(25)28)27(32)30(3)24-12-8-7-11-22(24)26(31)29-18-20-9-5-4-6-10-20/h4-14,17,19H,15-16,18H2,1-3H3,(H,29,31). The number of nitrogens with one attached hydrogen (secondary N) is 1. The van der Waals surface area contributed by atoms with Gasteiger partial charge in [-0.1, -0.05) is 56.3 Å². The predicted molar refractivity (Wildman–Crippen MR) is 136 cm³/mol. The molecule has 0 aliphatic rings. The van der Waals surface area contributed by atoms with Crippen molar-refractivity contribution >= 4 is 33.4 Å². The third kappa shape index (κ3) is 6.68. The zero-order chi connectivity index (χ0) is 23.8. The summed E-state index contributed by atoms with van der Waals surface area (Å²) in [5, 5.41) is 2.93. The summed E-state index contributed by atoms with van der Waals surface area (Å²) in [6.07, 6.45) is 0.957. The van der Waals surface area contributed by atoms with Gasteiger partial charge in [0.15, 0.2) is 0 Å². The second-order valence-corrected chi connectivity index (χ2v) is 9.08. The second-order valence-electron chi connectivity index (χ2n) is 8.23. The molecule has 0 radical (unpaired) electrons. The number of anilines is 1. The van der Waals surface area contributed by atoms with E-state index in [-0.39, 0.29) is 11.8 Å². The van der Waals surface area contributed by atoms with Crippen molar-refractivity contribution in [3.8, 4) is 5.75 Å². The van der Waals surface area contributed by atoms with Gasteiger partial charge in [0.25, 0.3) is 11.8 Å². The Bertz CT molecular complexity index is 1100. The van der Waals surface area contributed by atoms with Crippen molar-refractivity contribution in [2.24, 2.45) is 5.92 Å². The molecule has 3 rings (SSSR count). The van der Waals surface area contributed by atoms with Crippen LogP contribution >= 0.6 is 15.9 Å². The summed E-state index contributed by atoms with van der Waals surface area (Å²) in [4.78, 5) is 27.6. The number of halogens is 1. The number of carbonyl (C=O) groups is 2. The topological polar surface area (TPSA) is 58.6 Å². The van der Waals surface area contributed by atoms with Gasteiger partial charge < -0.3 is 15.0 Å². The smallest absolute Gasteiger partial charge is 0.258 e. The number of para-hydroxylation sites is 1. The van der Waals surface area contributed by atoms with Crippen LogP contribution in [0.3, 0.4) is 0 Å². The van der Waals surface area contributed by atoms with Gasteiger partial charge in [-0.25, -0.2) is 0 Å². The lowest BCUT2D eigenvalue weighted by Gasteiger charge is -2.21. The van der Waals surface area contributed by atoms with Crippen molar-refractivity contribution in [2.75, 3.05) is 18.6 Å². The van der Waals surface area contributed by atoms with Crippen LogP contribution < -0.4 is 15.0 Å². The first-order chi connectivity index (χ1) is 15.9. The first kappa shape index (κ1) is 24.5. The summed E-state index contributed by atoms with van der Waals surface area (Å²) >= 11 is 3.51. The van der Waals surface area contributed by atoms with Gasteiger partial charge in [-0.05, 0) is 64.2 Å². The maximum absolute atomic E-state index is 13.2. The highest BCUT2D eigenvalue weighted by Crippen LogP contribution is 2.28. The maximum atomic E-state index is 13.2. The van der Waals surface area contributed by atoms with Gasteiger partial charge in [0, 0.05) is 19.2 Å². The van der Waals surface area contributed by atoms with Gasteiger partial charge in [0.05, 0.1) is 22.3 Å². The van der Waals surface area contributed by atoms with Gasteiger partial charge in [-0.3, -0.25) is 9.59 Å². The van der Waals surface area contributed by atoms with Crippen LogP contribution in [0.1, 0.15) is 46.5 Å². The van der Waals surface area contributed by atoms with Crippen LogP contribution in [-0.2, 0) is 6.54 Å². The number of hydrogen-bond donors (Lipinski definition) is 1. The Morgan fingerprint density at radius 2 is 1.70 bits per heavy atom. The molecule has 0 atom stereocenters. The molecule has 1 N–H and O–H groups in total. The Morgan fingerprint density at radius 3 is 2.39 bits per heavy atom. The molecule has 0 bridgehead atoms. The summed E-state index contributed by atoms with van der Waals surface area (Å²) in [5.74, 6) is 0.815. The van der Waals surface area contributed by atoms with Crippen LogP contribution in [-0.4, -0.2) is 25.5 Å². The third-order valence-electron chi connectivity index (χ3n) is 5.24. The molecule has 172 valence electrons. The van der Waals surface area contributed by atoms with Crippen molar-refractivity contribution in [1.29, 1.82) is 0 Å². The highest BCUT2D eigenvalue weighted by molar-refractivity contribution is 9.10. The van der Waals surface area contributed by atoms with Crippen LogP contribution in [0.25, 0.3) is 0 Å². The third-order valence-corrected chi connectivity index (χ3v) is 5.86. The van der Waals surface area contributed by atoms with Crippen molar-refractivity contribution in [1.82, 2.24) is 5.32 Å². The number of nitrogens with zero attached hydrogens (tertiary/aromatic N) is 1. The highest BCUT2D eigenvalue weighted by atomic mass is 79.9. The lowest BCUT2D eigenvalue weighted by molar-refractivity contribution is 0.0951. The maximum Gasteiger partial charge on any atom is 0.258 e. The van der Waals surface area contributed by atoms with Crippen molar-refractivity contribution in [2.45, 2.75) is 26.8 Å². The normalized spacial score (nSPS) is 10.7. The van der Waals surface area contributed by atoms with E-state index >= 15 is 0 Å². The quantitative estimate of drug-likeness (QED) is 0.380. The van der Waals surface area contributed by atoms with Gasteiger partial charge in [-0.15, -0.1) is 0 Å².